The van der Waals surface area contributed by atoms with Crippen LogP contribution in [-0.2, 0) is 26.0 Å². The highest BCUT2D eigenvalue weighted by atomic mass is 32.2. The molecule has 0 unspecified atom stereocenters. The second-order valence-electron chi connectivity index (χ2n) is 4.70. The van der Waals surface area contributed by atoms with Crippen LogP contribution in [0.5, 0.6) is 0 Å². The number of methoxy groups -OCH3 is 1. The number of esters is 1. The maximum absolute atomic E-state index is 12.3. The lowest BCUT2D eigenvalue weighted by Gasteiger charge is -2.15. The number of carbonyl (C=O) groups excluding carboxylic acids is 1. The summed E-state index contributed by atoms with van der Waals surface area (Å²) < 4.78 is 30.4. The van der Waals surface area contributed by atoms with E-state index in [1.807, 2.05) is 0 Å². The second-order valence-corrected chi connectivity index (χ2v) is 6.64. The Morgan fingerprint density at radius 3 is 2.55 bits per heavy atom. The van der Waals surface area contributed by atoms with Gasteiger partial charge in [-0.3, -0.25) is 4.79 Å². The monoisotopic (exact) mass is 299 g/mol. The van der Waals surface area contributed by atoms with Gasteiger partial charge in [-0.2, -0.15) is 4.31 Å². The standard InChI is InChI=1S/C13H17NO5S/c1-19-13(16)8-10-2-4-12(5-3-10)20(17,18)14-7-6-11(15)9-14/h2-5,11,15H,6-9H2,1H3/t11-/m1/s1. The van der Waals surface area contributed by atoms with Crippen molar-refractivity contribution in [2.24, 2.45) is 0 Å². The first-order chi connectivity index (χ1) is 9.43. The van der Waals surface area contributed by atoms with E-state index in [-0.39, 0.29) is 23.8 Å². The predicted octanol–water partition coefficient (Wildman–Crippen LogP) is 0.157. The van der Waals surface area contributed by atoms with Gasteiger partial charge in [0.2, 0.25) is 10.0 Å². The Bertz CT molecular complexity index is 581. The van der Waals surface area contributed by atoms with E-state index < -0.39 is 16.1 Å². The number of ether oxygens (including phenoxy) is 1. The van der Waals surface area contributed by atoms with Crippen molar-refractivity contribution in [3.05, 3.63) is 29.8 Å². The van der Waals surface area contributed by atoms with E-state index in [2.05, 4.69) is 4.74 Å². The van der Waals surface area contributed by atoms with Crippen LogP contribution in [0.4, 0.5) is 0 Å². The third kappa shape index (κ3) is 3.17. The van der Waals surface area contributed by atoms with Crippen LogP contribution in [0, 0.1) is 0 Å². The number of aliphatic hydroxyl groups excluding tert-OH is 1. The Morgan fingerprint density at radius 1 is 1.40 bits per heavy atom. The van der Waals surface area contributed by atoms with E-state index in [1.165, 1.54) is 23.5 Å². The van der Waals surface area contributed by atoms with Crippen LogP contribution in [0.3, 0.4) is 0 Å². The molecule has 7 heteroatoms. The van der Waals surface area contributed by atoms with E-state index in [9.17, 15) is 18.3 Å². The fourth-order valence-electron chi connectivity index (χ4n) is 2.10. The summed E-state index contributed by atoms with van der Waals surface area (Å²) in [5.74, 6) is -0.372. The molecular formula is C13H17NO5S. The van der Waals surface area contributed by atoms with Crippen LogP contribution in [0.25, 0.3) is 0 Å². The topological polar surface area (TPSA) is 83.9 Å². The van der Waals surface area contributed by atoms with E-state index in [4.69, 9.17) is 0 Å². The second kappa shape index (κ2) is 5.90. The van der Waals surface area contributed by atoms with Crippen molar-refractivity contribution in [1.82, 2.24) is 4.31 Å². The molecule has 1 aromatic rings. The molecule has 1 aromatic carbocycles. The van der Waals surface area contributed by atoms with Crippen molar-refractivity contribution >= 4 is 16.0 Å². The van der Waals surface area contributed by atoms with Gasteiger partial charge in [0.05, 0.1) is 24.5 Å². The van der Waals surface area contributed by atoms with Gasteiger partial charge >= 0.3 is 5.97 Å². The first kappa shape index (κ1) is 15.0. The fraction of sp³-hybridized carbons (Fsp3) is 0.462. The number of hydrogen-bond acceptors (Lipinski definition) is 5. The molecule has 1 aliphatic rings. The van der Waals surface area contributed by atoms with E-state index in [1.54, 1.807) is 12.1 Å². The highest BCUT2D eigenvalue weighted by Crippen LogP contribution is 2.21. The maximum Gasteiger partial charge on any atom is 0.309 e. The molecule has 6 nitrogen and oxygen atoms in total. The number of rotatable bonds is 4. The predicted molar refractivity (Wildman–Crippen MR) is 71.5 cm³/mol. The number of sulfonamides is 1. The van der Waals surface area contributed by atoms with Crippen LogP contribution >= 0.6 is 0 Å². The van der Waals surface area contributed by atoms with Gasteiger partial charge in [-0.15, -0.1) is 0 Å². The first-order valence-corrected chi connectivity index (χ1v) is 7.71. The van der Waals surface area contributed by atoms with Crippen molar-refractivity contribution in [2.75, 3.05) is 20.2 Å². The molecule has 2 rings (SSSR count). The Hall–Kier alpha value is -1.44. The average molecular weight is 299 g/mol. The van der Waals surface area contributed by atoms with Crippen molar-refractivity contribution in [3.63, 3.8) is 0 Å². The van der Waals surface area contributed by atoms with E-state index in [0.29, 0.717) is 18.5 Å². The smallest absolute Gasteiger partial charge is 0.309 e. The normalized spacial score (nSPS) is 20.0. The molecule has 1 heterocycles. The largest absolute Gasteiger partial charge is 0.469 e. The van der Waals surface area contributed by atoms with Crippen molar-refractivity contribution in [2.45, 2.75) is 23.8 Å². The Morgan fingerprint density at radius 2 is 2.05 bits per heavy atom. The van der Waals surface area contributed by atoms with Gasteiger partial charge < -0.3 is 9.84 Å². The molecule has 0 bridgehead atoms. The van der Waals surface area contributed by atoms with E-state index in [0.717, 1.165) is 0 Å². The zero-order valence-corrected chi connectivity index (χ0v) is 12.0. The highest BCUT2D eigenvalue weighted by molar-refractivity contribution is 7.89. The molecule has 1 aliphatic heterocycles. The van der Waals surface area contributed by atoms with Crippen molar-refractivity contribution < 1.29 is 23.1 Å². The Balaban J connectivity index is 2.15. The average Bonchev–Trinajstić information content (AvgIpc) is 2.86. The van der Waals surface area contributed by atoms with E-state index >= 15 is 0 Å². The summed E-state index contributed by atoms with van der Waals surface area (Å²) in [6, 6.07) is 6.13. The van der Waals surface area contributed by atoms with Gasteiger partial charge in [-0.05, 0) is 24.1 Å². The maximum atomic E-state index is 12.3. The number of β-amino-alcohol motifs (C(OH)–C–C–N with tert-alkyl or cyclic N) is 1. The van der Waals surface area contributed by atoms with Crippen molar-refractivity contribution in [3.8, 4) is 0 Å². The molecule has 0 spiro atoms. The van der Waals surface area contributed by atoms with Gasteiger partial charge in [0, 0.05) is 13.1 Å². The Labute approximate surface area is 118 Å². The Kier molecular flexibility index (Phi) is 4.42. The molecule has 0 aromatic heterocycles. The summed E-state index contributed by atoms with van der Waals surface area (Å²) in [5.41, 5.74) is 0.692. The third-order valence-electron chi connectivity index (χ3n) is 3.26. The molecule has 1 N–H and O–H groups in total. The summed E-state index contributed by atoms with van der Waals surface area (Å²) in [5, 5.41) is 9.42. The number of aliphatic hydroxyl groups is 1. The minimum absolute atomic E-state index is 0.110. The highest BCUT2D eigenvalue weighted by Gasteiger charge is 2.31. The zero-order valence-electron chi connectivity index (χ0n) is 11.2. The fourth-order valence-corrected chi connectivity index (χ4v) is 3.59. The molecule has 1 atom stereocenters. The van der Waals surface area contributed by atoms with Crippen LogP contribution < -0.4 is 0 Å². The number of hydrogen-bond donors (Lipinski definition) is 1. The van der Waals surface area contributed by atoms with Gasteiger partial charge in [-0.25, -0.2) is 8.42 Å². The SMILES string of the molecule is COC(=O)Cc1ccc(S(=O)(=O)N2CC[C@@H](O)C2)cc1. The zero-order chi connectivity index (χ0) is 14.8. The van der Waals surface area contributed by atoms with Gasteiger partial charge in [0.25, 0.3) is 0 Å². The molecule has 0 saturated carbocycles. The molecule has 110 valence electrons. The molecule has 0 aliphatic carbocycles. The molecule has 0 amide bonds. The van der Waals surface area contributed by atoms with Gasteiger partial charge in [-0.1, -0.05) is 12.1 Å². The molecule has 1 saturated heterocycles. The number of nitrogens with zero attached hydrogens (tertiary/aromatic N) is 1. The van der Waals surface area contributed by atoms with Crippen LogP contribution in [0.1, 0.15) is 12.0 Å². The summed E-state index contributed by atoms with van der Waals surface area (Å²) in [6.07, 6.45) is -0.0257. The van der Waals surface area contributed by atoms with Crippen LogP contribution in [0.15, 0.2) is 29.2 Å². The quantitative estimate of drug-likeness (QED) is 0.801. The molecule has 0 radical (unpaired) electrons. The van der Waals surface area contributed by atoms with Gasteiger partial charge in [0.15, 0.2) is 0 Å². The van der Waals surface area contributed by atoms with Crippen LogP contribution in [-0.4, -0.2) is 50.1 Å². The van der Waals surface area contributed by atoms with Crippen molar-refractivity contribution in [1.29, 1.82) is 0 Å². The lowest BCUT2D eigenvalue weighted by atomic mass is 10.2. The number of benzene rings is 1. The van der Waals surface area contributed by atoms with Crippen LogP contribution in [0.2, 0.25) is 0 Å². The third-order valence-corrected chi connectivity index (χ3v) is 5.14. The molecule has 1 fully saturated rings. The minimum atomic E-state index is -3.57. The lowest BCUT2D eigenvalue weighted by molar-refractivity contribution is -0.139. The minimum Gasteiger partial charge on any atom is -0.469 e. The van der Waals surface area contributed by atoms with Gasteiger partial charge in [0.1, 0.15) is 0 Å². The summed E-state index contributed by atoms with van der Waals surface area (Å²) >= 11 is 0. The summed E-state index contributed by atoms with van der Waals surface area (Å²) in [7, 11) is -2.26. The lowest BCUT2D eigenvalue weighted by Crippen LogP contribution is -2.29. The summed E-state index contributed by atoms with van der Waals surface area (Å²) in [4.78, 5) is 11.3. The summed E-state index contributed by atoms with van der Waals surface area (Å²) in [6.45, 7) is 0.458. The molecular weight excluding hydrogens is 282 g/mol. The number of carbonyl (C=O) groups is 1. The first-order valence-electron chi connectivity index (χ1n) is 6.27. The molecule has 20 heavy (non-hydrogen) atoms.